The number of hydrogen-bond donors (Lipinski definition) is 4. The lowest BCUT2D eigenvalue weighted by atomic mass is 10.4. The first-order valence-electron chi connectivity index (χ1n) is 4.17. The van der Waals surface area contributed by atoms with Gasteiger partial charge < -0.3 is 25.4 Å². The molecule has 8 nitrogen and oxygen atoms in total. The molecule has 0 fully saturated rings. The molecule has 0 aromatic rings. The fourth-order valence-electron chi connectivity index (χ4n) is 0.414. The Morgan fingerprint density at radius 3 is 2.19 bits per heavy atom. The van der Waals surface area contributed by atoms with E-state index in [0.29, 0.717) is 0 Å². The number of esters is 1. The van der Waals surface area contributed by atoms with Crippen molar-refractivity contribution in [1.29, 1.82) is 0 Å². The second kappa shape index (κ2) is 9.46. The number of phosphoric ester groups is 1. The number of phosphoric acid groups is 1. The number of carbonyl (C=O) groups is 1. The Hall–Kier alpha value is -0.760. The molecule has 96 valence electrons. The molecule has 0 atom stereocenters. The van der Waals surface area contributed by atoms with Crippen molar-refractivity contribution in [2.24, 2.45) is 0 Å². The molecule has 0 amide bonds. The molecule has 0 aliphatic rings. The number of aliphatic hydroxyl groups excluding tert-OH is 1. The minimum atomic E-state index is -4.46. The molecule has 0 aromatic heterocycles. The molecule has 0 saturated heterocycles. The van der Waals surface area contributed by atoms with Gasteiger partial charge in [-0.05, 0) is 6.92 Å². The normalized spacial score (nSPS) is 10.1. The summed E-state index contributed by atoms with van der Waals surface area (Å²) in [5.41, 5.74) is 3.26. The lowest BCUT2D eigenvalue weighted by Crippen LogP contribution is -2.49. The molecule has 6 N–H and O–H groups in total. The largest absolute Gasteiger partial charge is 0.469 e. The Labute approximate surface area is 92.9 Å². The maximum Gasteiger partial charge on any atom is 0.469 e. The summed E-state index contributed by atoms with van der Waals surface area (Å²) in [6.45, 7) is 4.22. The van der Waals surface area contributed by atoms with Crippen molar-refractivity contribution in [2.45, 2.75) is 6.92 Å². The highest BCUT2D eigenvalue weighted by molar-refractivity contribution is 7.46. The molecule has 0 rings (SSSR count). The van der Waals surface area contributed by atoms with Gasteiger partial charge in [-0.2, -0.15) is 0 Å². The number of ether oxygens (including phenoxy) is 1. The van der Waals surface area contributed by atoms with Crippen LogP contribution in [0.5, 0.6) is 0 Å². The maximum atomic E-state index is 10.7. The number of carbonyl (C=O) groups excluding carboxylic acids is 1. The van der Waals surface area contributed by atoms with Crippen LogP contribution in [-0.2, 0) is 18.6 Å². The molecular formula is C7H17NO7P+. The SMILES string of the molecule is C=C(C)C(=O)OCCOP(=O)(O)O.[NH3+]CO. The Bertz CT molecular complexity index is 261. The van der Waals surface area contributed by atoms with Gasteiger partial charge in [0.15, 0.2) is 6.73 Å². The van der Waals surface area contributed by atoms with Gasteiger partial charge in [-0.3, -0.25) is 4.52 Å². The van der Waals surface area contributed by atoms with E-state index in [0.717, 1.165) is 0 Å². The summed E-state index contributed by atoms with van der Waals surface area (Å²) in [4.78, 5) is 27.1. The second-order valence-electron chi connectivity index (χ2n) is 2.46. The molecule has 0 radical (unpaired) electrons. The van der Waals surface area contributed by atoms with E-state index in [1.54, 1.807) is 0 Å². The minimum Gasteiger partial charge on any atom is -0.460 e. The molecule has 0 aliphatic heterocycles. The van der Waals surface area contributed by atoms with E-state index in [4.69, 9.17) is 14.9 Å². The first-order valence-corrected chi connectivity index (χ1v) is 5.70. The van der Waals surface area contributed by atoms with Crippen LogP contribution >= 0.6 is 7.82 Å². The number of quaternary nitrogens is 1. The third-order valence-electron chi connectivity index (χ3n) is 0.924. The second-order valence-corrected chi connectivity index (χ2v) is 3.70. The molecule has 9 heteroatoms. The van der Waals surface area contributed by atoms with Crippen molar-refractivity contribution in [3.05, 3.63) is 12.2 Å². The molecule has 0 heterocycles. The highest BCUT2D eigenvalue weighted by Crippen LogP contribution is 2.35. The topological polar surface area (TPSA) is 141 Å². The lowest BCUT2D eigenvalue weighted by Gasteiger charge is -2.05. The van der Waals surface area contributed by atoms with Gasteiger partial charge in [-0.25, -0.2) is 9.36 Å². The average Bonchev–Trinajstić information content (AvgIpc) is 2.11. The highest BCUT2D eigenvalue weighted by atomic mass is 31.2. The van der Waals surface area contributed by atoms with Crippen LogP contribution in [0.3, 0.4) is 0 Å². The number of aliphatic hydroxyl groups is 1. The summed E-state index contributed by atoms with van der Waals surface area (Å²) in [6, 6.07) is 0. The summed E-state index contributed by atoms with van der Waals surface area (Å²) in [5, 5.41) is 7.46. The Balaban J connectivity index is 0. The average molecular weight is 258 g/mol. The van der Waals surface area contributed by atoms with Crippen LogP contribution in [-0.4, -0.2) is 40.8 Å². The van der Waals surface area contributed by atoms with Crippen molar-refractivity contribution < 1.29 is 39.2 Å². The maximum absolute atomic E-state index is 10.7. The van der Waals surface area contributed by atoms with E-state index >= 15 is 0 Å². The van der Waals surface area contributed by atoms with Crippen LogP contribution in [0.25, 0.3) is 0 Å². The van der Waals surface area contributed by atoms with E-state index in [-0.39, 0.29) is 25.5 Å². The van der Waals surface area contributed by atoms with E-state index in [1.165, 1.54) is 6.92 Å². The Morgan fingerprint density at radius 1 is 1.44 bits per heavy atom. The van der Waals surface area contributed by atoms with Gasteiger partial charge in [0.1, 0.15) is 6.61 Å². The molecule has 0 aromatic carbocycles. The van der Waals surface area contributed by atoms with Crippen LogP contribution in [0.2, 0.25) is 0 Å². The van der Waals surface area contributed by atoms with Crippen LogP contribution < -0.4 is 5.73 Å². The van der Waals surface area contributed by atoms with Crippen LogP contribution in [0.4, 0.5) is 0 Å². The summed E-state index contributed by atoms with van der Waals surface area (Å²) in [6.07, 6.45) is 0. The number of rotatable bonds is 5. The van der Waals surface area contributed by atoms with E-state index in [1.807, 2.05) is 0 Å². The summed E-state index contributed by atoms with van der Waals surface area (Å²) < 4.78 is 18.6. The zero-order valence-electron chi connectivity index (χ0n) is 8.96. The van der Waals surface area contributed by atoms with Crippen LogP contribution in [0.1, 0.15) is 6.92 Å². The Morgan fingerprint density at radius 2 is 1.88 bits per heavy atom. The predicted molar refractivity (Wildman–Crippen MR) is 53.7 cm³/mol. The lowest BCUT2D eigenvalue weighted by molar-refractivity contribution is -0.421. The molecule has 0 aliphatic carbocycles. The fraction of sp³-hybridized carbons (Fsp3) is 0.571. The van der Waals surface area contributed by atoms with Crippen molar-refractivity contribution >= 4 is 13.8 Å². The van der Waals surface area contributed by atoms with Gasteiger partial charge in [0.25, 0.3) is 0 Å². The number of hydrogen-bond acceptors (Lipinski definition) is 5. The van der Waals surface area contributed by atoms with Gasteiger partial charge >= 0.3 is 13.8 Å². The molecule has 0 spiro atoms. The van der Waals surface area contributed by atoms with Crippen molar-refractivity contribution in [3.8, 4) is 0 Å². The summed E-state index contributed by atoms with van der Waals surface area (Å²) in [5.74, 6) is -0.616. The third-order valence-corrected chi connectivity index (χ3v) is 1.44. The highest BCUT2D eigenvalue weighted by Gasteiger charge is 2.13. The molecular weight excluding hydrogens is 241 g/mol. The van der Waals surface area contributed by atoms with Gasteiger partial charge in [0, 0.05) is 5.57 Å². The van der Waals surface area contributed by atoms with E-state index < -0.39 is 13.8 Å². The third kappa shape index (κ3) is 15.7. The van der Waals surface area contributed by atoms with E-state index in [9.17, 15) is 9.36 Å². The molecule has 0 bridgehead atoms. The van der Waals surface area contributed by atoms with Gasteiger partial charge in [-0.1, -0.05) is 6.58 Å². The smallest absolute Gasteiger partial charge is 0.460 e. The van der Waals surface area contributed by atoms with Crippen LogP contribution in [0.15, 0.2) is 12.2 Å². The van der Waals surface area contributed by atoms with Gasteiger partial charge in [0.2, 0.25) is 0 Å². The zero-order chi connectivity index (χ0) is 13.2. The molecule has 0 saturated carbocycles. The first kappa shape index (κ1) is 17.6. The molecule has 16 heavy (non-hydrogen) atoms. The van der Waals surface area contributed by atoms with Crippen LogP contribution in [0, 0.1) is 0 Å². The minimum absolute atomic E-state index is 0. The van der Waals surface area contributed by atoms with Crippen molar-refractivity contribution in [1.82, 2.24) is 0 Å². The van der Waals surface area contributed by atoms with Gasteiger partial charge in [0.05, 0.1) is 6.61 Å². The molecule has 0 unspecified atom stereocenters. The standard InChI is InChI=1S/C6H11O6P.CH5NO/c1-5(2)6(7)11-3-4-12-13(8,9)10;2-1-3/h1,3-4H2,2H3,(H2,8,9,10);3H,1-2H2/p+1. The van der Waals surface area contributed by atoms with Gasteiger partial charge in [-0.15, -0.1) is 0 Å². The monoisotopic (exact) mass is 258 g/mol. The summed E-state index contributed by atoms with van der Waals surface area (Å²) in [7, 11) is -4.46. The first-order chi connectivity index (χ1) is 7.24. The van der Waals surface area contributed by atoms with Crippen molar-refractivity contribution in [3.63, 3.8) is 0 Å². The fourth-order valence-corrected chi connectivity index (χ4v) is 0.726. The van der Waals surface area contributed by atoms with Crippen molar-refractivity contribution in [2.75, 3.05) is 19.9 Å². The quantitative estimate of drug-likeness (QED) is 0.153. The summed E-state index contributed by atoms with van der Waals surface area (Å²) >= 11 is 0. The Kier molecular flexibility index (Phi) is 10.4. The zero-order valence-corrected chi connectivity index (χ0v) is 9.85. The predicted octanol–water partition coefficient (Wildman–Crippen LogP) is -1.61. The van der Waals surface area contributed by atoms with E-state index in [2.05, 4.69) is 21.6 Å².